The van der Waals surface area contributed by atoms with Gasteiger partial charge in [-0.2, -0.15) is 5.10 Å². The van der Waals surface area contributed by atoms with Crippen LogP contribution >= 0.6 is 0 Å². The van der Waals surface area contributed by atoms with Gasteiger partial charge in [0.05, 0.1) is 24.9 Å². The number of benzene rings is 1. The lowest BCUT2D eigenvalue weighted by Gasteiger charge is -2.41. The van der Waals surface area contributed by atoms with Gasteiger partial charge in [-0.1, -0.05) is 12.1 Å². The third-order valence-electron chi connectivity index (χ3n) is 4.52. The van der Waals surface area contributed by atoms with Gasteiger partial charge in [-0.15, -0.1) is 0 Å². The van der Waals surface area contributed by atoms with E-state index in [1.54, 1.807) is 43.1 Å². The second kappa shape index (κ2) is 6.96. The summed E-state index contributed by atoms with van der Waals surface area (Å²) in [5.74, 6) is 0.710. The fourth-order valence-electron chi connectivity index (χ4n) is 3.17. The first kappa shape index (κ1) is 17.0. The zero-order valence-corrected chi connectivity index (χ0v) is 14.7. The Kier molecular flexibility index (Phi) is 4.74. The van der Waals surface area contributed by atoms with Crippen molar-refractivity contribution in [3.05, 3.63) is 47.8 Å². The van der Waals surface area contributed by atoms with Crippen LogP contribution in [-0.4, -0.2) is 58.1 Å². The van der Waals surface area contributed by atoms with Gasteiger partial charge in [-0.05, 0) is 17.7 Å². The van der Waals surface area contributed by atoms with Crippen LogP contribution in [0.25, 0.3) is 0 Å². The lowest BCUT2D eigenvalue weighted by molar-refractivity contribution is -0.133. The first-order valence-electron chi connectivity index (χ1n) is 8.18. The van der Waals surface area contributed by atoms with Crippen molar-refractivity contribution in [2.24, 2.45) is 7.05 Å². The number of hydrogen-bond donors (Lipinski definition) is 0. The summed E-state index contributed by atoms with van der Waals surface area (Å²) in [6.45, 7) is 3.05. The van der Waals surface area contributed by atoms with Gasteiger partial charge in [-0.25, -0.2) is 0 Å². The molecule has 1 aromatic heterocycles. The third kappa shape index (κ3) is 3.50. The molecule has 1 aliphatic heterocycles. The van der Waals surface area contributed by atoms with Gasteiger partial charge in [0, 0.05) is 39.8 Å². The van der Waals surface area contributed by atoms with Gasteiger partial charge < -0.3 is 14.5 Å². The minimum atomic E-state index is -0.169. The molecule has 0 radical (unpaired) electrons. The number of carbonyl (C=O) groups is 2. The number of methoxy groups -OCH3 is 1. The van der Waals surface area contributed by atoms with E-state index < -0.39 is 0 Å². The number of carbonyl (C=O) groups excluding carboxylic acids is 2. The summed E-state index contributed by atoms with van der Waals surface area (Å²) in [6.07, 6.45) is 3.28. The van der Waals surface area contributed by atoms with E-state index in [9.17, 15) is 9.59 Å². The van der Waals surface area contributed by atoms with Crippen molar-refractivity contribution in [2.75, 3.05) is 26.7 Å². The van der Waals surface area contributed by atoms with Crippen molar-refractivity contribution in [3.8, 4) is 5.75 Å². The van der Waals surface area contributed by atoms with E-state index in [0.29, 0.717) is 25.2 Å². The highest BCUT2D eigenvalue weighted by atomic mass is 16.5. The second-order valence-corrected chi connectivity index (χ2v) is 6.16. The predicted molar refractivity (Wildman–Crippen MR) is 92.2 cm³/mol. The topological polar surface area (TPSA) is 67.7 Å². The van der Waals surface area contributed by atoms with Crippen molar-refractivity contribution < 1.29 is 14.3 Å². The van der Waals surface area contributed by atoms with E-state index in [1.807, 2.05) is 29.2 Å². The molecule has 3 rings (SSSR count). The van der Waals surface area contributed by atoms with Crippen LogP contribution in [-0.2, 0) is 11.8 Å². The molecule has 132 valence electrons. The Labute approximate surface area is 146 Å². The first-order valence-corrected chi connectivity index (χ1v) is 8.18. The Hall–Kier alpha value is -2.83. The molecule has 0 N–H and O–H groups in total. The molecule has 1 aromatic carbocycles. The Morgan fingerprint density at radius 2 is 1.92 bits per heavy atom. The van der Waals surface area contributed by atoms with Crippen molar-refractivity contribution in [1.82, 2.24) is 19.6 Å². The Bertz CT molecular complexity index is 769. The molecule has 0 spiro atoms. The van der Waals surface area contributed by atoms with Crippen LogP contribution in [0.1, 0.15) is 28.9 Å². The lowest BCUT2D eigenvalue weighted by Crippen LogP contribution is -2.51. The number of piperazine rings is 1. The van der Waals surface area contributed by atoms with Gasteiger partial charge in [0.15, 0.2) is 0 Å². The van der Waals surface area contributed by atoms with E-state index in [0.717, 1.165) is 11.3 Å². The smallest absolute Gasteiger partial charge is 0.257 e. The van der Waals surface area contributed by atoms with Gasteiger partial charge in [0.25, 0.3) is 5.91 Å². The molecule has 7 heteroatoms. The number of aromatic nitrogens is 2. The van der Waals surface area contributed by atoms with Crippen LogP contribution < -0.4 is 4.74 Å². The number of aryl methyl sites for hydroxylation is 1. The van der Waals surface area contributed by atoms with Crippen LogP contribution in [0.5, 0.6) is 5.75 Å². The molecule has 1 fully saturated rings. The highest BCUT2D eigenvalue weighted by molar-refractivity contribution is 5.94. The minimum absolute atomic E-state index is 0.00861. The number of rotatable bonds is 3. The Morgan fingerprint density at radius 1 is 1.20 bits per heavy atom. The van der Waals surface area contributed by atoms with Crippen molar-refractivity contribution >= 4 is 11.8 Å². The number of hydrogen-bond acceptors (Lipinski definition) is 4. The van der Waals surface area contributed by atoms with Crippen LogP contribution in [0, 0.1) is 0 Å². The Morgan fingerprint density at radius 3 is 2.48 bits per heavy atom. The summed E-state index contributed by atoms with van der Waals surface area (Å²) in [7, 11) is 3.40. The summed E-state index contributed by atoms with van der Waals surface area (Å²) in [6, 6.07) is 7.46. The maximum atomic E-state index is 12.7. The monoisotopic (exact) mass is 342 g/mol. The summed E-state index contributed by atoms with van der Waals surface area (Å²) >= 11 is 0. The van der Waals surface area contributed by atoms with Crippen LogP contribution in [0.2, 0.25) is 0 Å². The van der Waals surface area contributed by atoms with Crippen LogP contribution in [0.4, 0.5) is 0 Å². The number of nitrogens with zero attached hydrogens (tertiary/aromatic N) is 4. The van der Waals surface area contributed by atoms with E-state index >= 15 is 0 Å². The van der Waals surface area contributed by atoms with E-state index in [4.69, 9.17) is 4.74 Å². The van der Waals surface area contributed by atoms with E-state index in [2.05, 4.69) is 5.10 Å². The summed E-state index contributed by atoms with van der Waals surface area (Å²) in [5, 5.41) is 4.06. The number of ether oxygens (including phenoxy) is 1. The molecule has 0 saturated carbocycles. The molecule has 1 saturated heterocycles. The molecule has 2 aromatic rings. The molecule has 1 aliphatic rings. The average molecular weight is 342 g/mol. The molecule has 0 aliphatic carbocycles. The minimum Gasteiger partial charge on any atom is -0.497 e. The normalized spacial score (nSPS) is 17.5. The summed E-state index contributed by atoms with van der Waals surface area (Å²) in [5.41, 5.74) is 1.55. The molecule has 2 heterocycles. The summed E-state index contributed by atoms with van der Waals surface area (Å²) in [4.78, 5) is 28.4. The quantitative estimate of drug-likeness (QED) is 0.847. The molecular formula is C18H22N4O3. The molecule has 0 bridgehead atoms. The highest BCUT2D eigenvalue weighted by Gasteiger charge is 2.32. The van der Waals surface area contributed by atoms with Crippen molar-refractivity contribution in [3.63, 3.8) is 0 Å². The van der Waals surface area contributed by atoms with Gasteiger partial charge in [-0.3, -0.25) is 14.3 Å². The molecule has 1 atom stereocenters. The fraction of sp³-hybridized carbons (Fsp3) is 0.389. The lowest BCUT2D eigenvalue weighted by atomic mass is 10.0. The molecule has 2 amide bonds. The zero-order valence-electron chi connectivity index (χ0n) is 14.7. The average Bonchev–Trinajstić information content (AvgIpc) is 3.07. The second-order valence-electron chi connectivity index (χ2n) is 6.16. The Balaban J connectivity index is 1.84. The SMILES string of the molecule is COc1ccc(C2CN(C(=O)c3cnn(C)c3)CCN2C(C)=O)cc1. The van der Waals surface area contributed by atoms with E-state index in [-0.39, 0.29) is 17.9 Å². The fourth-order valence-corrected chi connectivity index (χ4v) is 3.17. The highest BCUT2D eigenvalue weighted by Crippen LogP contribution is 2.28. The maximum absolute atomic E-state index is 12.7. The van der Waals surface area contributed by atoms with Crippen molar-refractivity contribution in [1.29, 1.82) is 0 Å². The van der Waals surface area contributed by atoms with Gasteiger partial charge >= 0.3 is 0 Å². The molecule has 25 heavy (non-hydrogen) atoms. The molecule has 7 nitrogen and oxygen atoms in total. The van der Waals surface area contributed by atoms with Gasteiger partial charge in [0.1, 0.15) is 5.75 Å². The van der Waals surface area contributed by atoms with Gasteiger partial charge in [0.2, 0.25) is 5.91 Å². The van der Waals surface area contributed by atoms with Crippen LogP contribution in [0.15, 0.2) is 36.7 Å². The van der Waals surface area contributed by atoms with E-state index in [1.165, 1.54) is 0 Å². The number of amides is 2. The zero-order chi connectivity index (χ0) is 18.0. The maximum Gasteiger partial charge on any atom is 0.257 e. The molecule has 1 unspecified atom stereocenters. The molecular weight excluding hydrogens is 320 g/mol. The summed E-state index contributed by atoms with van der Waals surface area (Å²) < 4.78 is 6.81. The standard InChI is InChI=1S/C18H22N4O3/c1-13(23)22-9-8-21(18(24)15-10-19-20(2)11-15)12-17(22)14-4-6-16(25-3)7-5-14/h4-7,10-11,17H,8-9,12H2,1-3H3. The van der Waals surface area contributed by atoms with Crippen LogP contribution in [0.3, 0.4) is 0 Å². The predicted octanol–water partition coefficient (Wildman–Crippen LogP) is 1.47. The first-order chi connectivity index (χ1) is 12.0. The van der Waals surface area contributed by atoms with Crippen molar-refractivity contribution in [2.45, 2.75) is 13.0 Å². The third-order valence-corrected chi connectivity index (χ3v) is 4.52. The largest absolute Gasteiger partial charge is 0.497 e.